The smallest absolute Gasteiger partial charge is 0.253 e. The van der Waals surface area contributed by atoms with Crippen LogP contribution in [0.1, 0.15) is 29.6 Å². The van der Waals surface area contributed by atoms with E-state index in [9.17, 15) is 9.59 Å². The van der Waals surface area contributed by atoms with Gasteiger partial charge >= 0.3 is 0 Å². The second kappa shape index (κ2) is 10.8. The van der Waals surface area contributed by atoms with Crippen molar-refractivity contribution in [2.75, 3.05) is 59.2 Å². The number of hydrogen-bond acceptors (Lipinski definition) is 5. The highest BCUT2D eigenvalue weighted by Crippen LogP contribution is 2.23. The van der Waals surface area contributed by atoms with E-state index in [1.165, 1.54) is 0 Å². The highest BCUT2D eigenvalue weighted by molar-refractivity contribution is 6.30. The maximum Gasteiger partial charge on any atom is 0.253 e. The molecule has 31 heavy (non-hydrogen) atoms. The number of nitrogens with zero attached hydrogens (tertiary/aromatic N) is 2. The lowest BCUT2D eigenvalue weighted by Gasteiger charge is -2.38. The zero-order valence-corrected chi connectivity index (χ0v) is 18.7. The Balaban J connectivity index is 1.33. The van der Waals surface area contributed by atoms with Crippen LogP contribution in [0.2, 0.25) is 5.02 Å². The van der Waals surface area contributed by atoms with Crippen LogP contribution in [0.3, 0.4) is 0 Å². The van der Waals surface area contributed by atoms with Crippen LogP contribution in [-0.4, -0.2) is 86.8 Å². The summed E-state index contributed by atoms with van der Waals surface area (Å²) in [5.74, 6) is 0.275. The van der Waals surface area contributed by atoms with E-state index in [2.05, 4.69) is 10.2 Å². The van der Waals surface area contributed by atoms with Crippen LogP contribution in [0, 0.1) is 11.8 Å². The topological polar surface area (TPSA) is 71.1 Å². The quantitative estimate of drug-likeness (QED) is 0.719. The number of morpholine rings is 1. The molecule has 0 spiro atoms. The van der Waals surface area contributed by atoms with Crippen LogP contribution in [-0.2, 0) is 14.3 Å². The highest BCUT2D eigenvalue weighted by atomic mass is 35.5. The van der Waals surface area contributed by atoms with E-state index in [-0.39, 0.29) is 23.8 Å². The van der Waals surface area contributed by atoms with Gasteiger partial charge in [0.15, 0.2) is 0 Å². The number of carbonyl (C=O) groups is 2. The Labute approximate surface area is 189 Å². The number of halogens is 1. The van der Waals surface area contributed by atoms with E-state index in [0.29, 0.717) is 36.1 Å². The summed E-state index contributed by atoms with van der Waals surface area (Å²) >= 11 is 5.93. The zero-order valence-electron chi connectivity index (χ0n) is 17.9. The second-order valence-corrected chi connectivity index (χ2v) is 9.12. The number of hydrogen-bond donors (Lipinski definition) is 1. The van der Waals surface area contributed by atoms with Crippen molar-refractivity contribution >= 4 is 23.4 Å². The van der Waals surface area contributed by atoms with Crippen molar-refractivity contribution < 1.29 is 19.1 Å². The number of nitrogens with one attached hydrogen (secondary N) is 1. The summed E-state index contributed by atoms with van der Waals surface area (Å²) in [4.78, 5) is 30.1. The summed E-state index contributed by atoms with van der Waals surface area (Å²) in [5.41, 5.74) is 0.610. The molecule has 0 aliphatic carbocycles. The number of likely N-dealkylation sites (tertiary alicyclic amines) is 1. The molecule has 3 heterocycles. The van der Waals surface area contributed by atoms with Gasteiger partial charge in [-0.15, -0.1) is 0 Å². The van der Waals surface area contributed by atoms with Gasteiger partial charge in [0, 0.05) is 61.9 Å². The molecular formula is C23H32ClN3O4. The van der Waals surface area contributed by atoms with Crippen molar-refractivity contribution in [1.82, 2.24) is 15.1 Å². The van der Waals surface area contributed by atoms with Crippen molar-refractivity contribution in [2.24, 2.45) is 11.8 Å². The van der Waals surface area contributed by atoms with Crippen LogP contribution in [0.25, 0.3) is 0 Å². The third-order valence-corrected chi connectivity index (χ3v) is 6.93. The minimum Gasteiger partial charge on any atom is -0.381 e. The molecule has 8 heteroatoms. The van der Waals surface area contributed by atoms with Gasteiger partial charge in [-0.3, -0.25) is 14.5 Å². The van der Waals surface area contributed by atoms with Gasteiger partial charge in [0.1, 0.15) is 0 Å². The minimum absolute atomic E-state index is 0.0385. The largest absolute Gasteiger partial charge is 0.381 e. The minimum atomic E-state index is -0.171. The predicted molar refractivity (Wildman–Crippen MR) is 118 cm³/mol. The monoisotopic (exact) mass is 449 g/mol. The summed E-state index contributed by atoms with van der Waals surface area (Å²) in [6.07, 6.45) is 2.68. The van der Waals surface area contributed by atoms with E-state index >= 15 is 0 Å². The summed E-state index contributed by atoms with van der Waals surface area (Å²) in [6.45, 7) is 6.57. The molecule has 3 aliphatic rings. The van der Waals surface area contributed by atoms with Gasteiger partial charge in [-0.1, -0.05) is 11.6 Å². The van der Waals surface area contributed by atoms with Crippen molar-refractivity contribution in [3.63, 3.8) is 0 Å². The summed E-state index contributed by atoms with van der Waals surface area (Å²) in [7, 11) is 0. The highest BCUT2D eigenvalue weighted by Gasteiger charge is 2.33. The number of ether oxygens (including phenoxy) is 2. The molecule has 0 bridgehead atoms. The van der Waals surface area contributed by atoms with Crippen molar-refractivity contribution in [2.45, 2.75) is 25.3 Å². The van der Waals surface area contributed by atoms with Gasteiger partial charge in [0.25, 0.3) is 5.91 Å². The van der Waals surface area contributed by atoms with Crippen LogP contribution < -0.4 is 5.32 Å². The van der Waals surface area contributed by atoms with Gasteiger partial charge < -0.3 is 19.7 Å². The molecule has 3 atom stereocenters. The molecule has 1 aromatic carbocycles. The molecule has 4 rings (SSSR count). The molecule has 3 fully saturated rings. The van der Waals surface area contributed by atoms with Gasteiger partial charge in [0.2, 0.25) is 5.91 Å². The van der Waals surface area contributed by atoms with Crippen LogP contribution in [0.4, 0.5) is 0 Å². The molecule has 7 nitrogen and oxygen atoms in total. The van der Waals surface area contributed by atoms with Gasteiger partial charge in [0.05, 0.1) is 25.7 Å². The first-order chi connectivity index (χ1) is 15.1. The van der Waals surface area contributed by atoms with Gasteiger partial charge in [-0.2, -0.15) is 0 Å². The Morgan fingerprint density at radius 3 is 2.55 bits per heavy atom. The SMILES string of the molecule is O=C(NCC(C1CCOC1)N1CCOCC1)C1CCCN(C(=O)c2ccc(Cl)cc2)C1. The predicted octanol–water partition coefficient (Wildman–Crippen LogP) is 2.05. The number of amides is 2. The Kier molecular flexibility index (Phi) is 7.82. The number of benzene rings is 1. The third-order valence-electron chi connectivity index (χ3n) is 6.68. The summed E-state index contributed by atoms with van der Waals surface area (Å²) < 4.78 is 11.1. The standard InChI is InChI=1S/C23H32ClN3O4/c24-20-5-3-17(4-6-20)23(29)27-8-1-2-18(15-27)22(28)25-14-21(19-7-11-31-16-19)26-9-12-30-13-10-26/h3-6,18-19,21H,1-2,7-16H2,(H,25,28). The molecular weight excluding hydrogens is 418 g/mol. The van der Waals surface area contributed by atoms with Crippen molar-refractivity contribution in [3.8, 4) is 0 Å². The maximum absolute atomic E-state index is 13.0. The molecule has 0 aromatic heterocycles. The first kappa shape index (κ1) is 22.5. The van der Waals surface area contributed by atoms with Crippen molar-refractivity contribution in [1.29, 1.82) is 0 Å². The first-order valence-electron chi connectivity index (χ1n) is 11.3. The Morgan fingerprint density at radius 1 is 1.06 bits per heavy atom. The van der Waals surface area contributed by atoms with Gasteiger partial charge in [-0.05, 0) is 43.5 Å². The van der Waals surface area contributed by atoms with E-state index in [4.69, 9.17) is 21.1 Å². The van der Waals surface area contributed by atoms with E-state index in [0.717, 1.165) is 58.8 Å². The van der Waals surface area contributed by atoms with Gasteiger partial charge in [-0.25, -0.2) is 0 Å². The molecule has 0 radical (unpaired) electrons. The van der Waals surface area contributed by atoms with E-state index in [1.807, 2.05) is 0 Å². The second-order valence-electron chi connectivity index (χ2n) is 8.68. The van der Waals surface area contributed by atoms with Crippen LogP contribution in [0.5, 0.6) is 0 Å². The molecule has 1 aromatic rings. The number of carbonyl (C=O) groups excluding carboxylic acids is 2. The fourth-order valence-corrected chi connectivity index (χ4v) is 4.99. The van der Waals surface area contributed by atoms with E-state index < -0.39 is 0 Å². The third kappa shape index (κ3) is 5.77. The molecule has 1 N–H and O–H groups in total. The van der Waals surface area contributed by atoms with Crippen LogP contribution >= 0.6 is 11.6 Å². The molecule has 3 aliphatic heterocycles. The average Bonchev–Trinajstić information content (AvgIpc) is 3.34. The van der Waals surface area contributed by atoms with E-state index in [1.54, 1.807) is 29.2 Å². The normalized spacial score (nSPS) is 25.9. The maximum atomic E-state index is 13.0. The van der Waals surface area contributed by atoms with Crippen molar-refractivity contribution in [3.05, 3.63) is 34.9 Å². The number of piperidine rings is 1. The fourth-order valence-electron chi connectivity index (χ4n) is 4.86. The molecule has 3 unspecified atom stereocenters. The lowest BCUT2D eigenvalue weighted by Crippen LogP contribution is -2.53. The molecule has 0 saturated carbocycles. The Bertz CT molecular complexity index is 748. The first-order valence-corrected chi connectivity index (χ1v) is 11.7. The molecule has 3 saturated heterocycles. The molecule has 170 valence electrons. The fraction of sp³-hybridized carbons (Fsp3) is 0.652. The summed E-state index contributed by atoms with van der Waals surface area (Å²) in [6, 6.07) is 7.20. The van der Waals surface area contributed by atoms with Crippen LogP contribution in [0.15, 0.2) is 24.3 Å². The lowest BCUT2D eigenvalue weighted by molar-refractivity contribution is -0.126. The number of rotatable bonds is 6. The Hall–Kier alpha value is -1.67. The Morgan fingerprint density at radius 2 is 1.84 bits per heavy atom. The zero-order chi connectivity index (χ0) is 21.6. The summed E-state index contributed by atoms with van der Waals surface area (Å²) in [5, 5.41) is 3.81. The lowest BCUT2D eigenvalue weighted by atomic mass is 9.94. The molecule has 2 amide bonds. The average molecular weight is 450 g/mol.